The molecule has 7 heteroatoms. The average Bonchev–Trinajstić information content (AvgIpc) is 2.16. The molecule has 0 spiro atoms. The molecule has 0 radical (unpaired) electrons. The third-order valence-electron chi connectivity index (χ3n) is 1.54. The summed E-state index contributed by atoms with van der Waals surface area (Å²) in [6.45, 7) is -3.03. The topological polar surface area (TPSA) is 64.3 Å². The standard InChI is InChI=1S/C8H7ClF2N2O2/c9-4-1-2-5(7(14)13-12)6(3-4)15-8(10)11/h1-3,8H,12H2,(H,13,14). The van der Waals surface area contributed by atoms with E-state index in [1.54, 1.807) is 0 Å². The largest absolute Gasteiger partial charge is 0.434 e. The highest BCUT2D eigenvalue weighted by atomic mass is 35.5. The van der Waals surface area contributed by atoms with Crippen LogP contribution in [0.4, 0.5) is 8.78 Å². The Morgan fingerprint density at radius 1 is 1.53 bits per heavy atom. The van der Waals surface area contributed by atoms with E-state index in [-0.39, 0.29) is 16.3 Å². The maximum absolute atomic E-state index is 12.0. The van der Waals surface area contributed by atoms with Crippen LogP contribution in [0.25, 0.3) is 0 Å². The first kappa shape index (κ1) is 11.7. The summed E-state index contributed by atoms with van der Waals surface area (Å²) in [5, 5.41) is 0.180. The van der Waals surface area contributed by atoms with Crippen LogP contribution < -0.4 is 16.0 Å². The van der Waals surface area contributed by atoms with Gasteiger partial charge in [-0.25, -0.2) is 5.84 Å². The first-order valence-corrected chi connectivity index (χ1v) is 4.17. The zero-order valence-corrected chi connectivity index (χ0v) is 8.09. The minimum atomic E-state index is -3.03. The Labute approximate surface area is 88.9 Å². The van der Waals surface area contributed by atoms with E-state index >= 15 is 0 Å². The van der Waals surface area contributed by atoms with E-state index in [1.165, 1.54) is 12.1 Å². The van der Waals surface area contributed by atoms with E-state index < -0.39 is 12.5 Å². The normalized spacial score (nSPS) is 10.2. The average molecular weight is 237 g/mol. The number of rotatable bonds is 3. The van der Waals surface area contributed by atoms with E-state index in [9.17, 15) is 13.6 Å². The van der Waals surface area contributed by atoms with Crippen molar-refractivity contribution in [3.63, 3.8) is 0 Å². The molecule has 0 unspecified atom stereocenters. The summed E-state index contributed by atoms with van der Waals surface area (Å²) in [4.78, 5) is 11.1. The molecule has 1 rings (SSSR count). The minimum absolute atomic E-state index is 0.109. The molecule has 15 heavy (non-hydrogen) atoms. The lowest BCUT2D eigenvalue weighted by Gasteiger charge is -2.09. The maximum Gasteiger partial charge on any atom is 0.387 e. The van der Waals surface area contributed by atoms with Crippen LogP contribution in [0.15, 0.2) is 18.2 Å². The van der Waals surface area contributed by atoms with Gasteiger partial charge >= 0.3 is 6.61 Å². The Hall–Kier alpha value is -1.40. The number of nitrogens with two attached hydrogens (primary N) is 1. The van der Waals surface area contributed by atoms with E-state index in [1.807, 2.05) is 5.43 Å². The van der Waals surface area contributed by atoms with Crippen LogP contribution >= 0.6 is 11.6 Å². The van der Waals surface area contributed by atoms with E-state index in [2.05, 4.69) is 4.74 Å². The zero-order chi connectivity index (χ0) is 11.4. The van der Waals surface area contributed by atoms with Gasteiger partial charge in [0.05, 0.1) is 5.56 Å². The van der Waals surface area contributed by atoms with Gasteiger partial charge in [-0.15, -0.1) is 0 Å². The summed E-state index contributed by atoms with van der Waals surface area (Å²) >= 11 is 5.56. The molecule has 0 aliphatic rings. The molecular weight excluding hydrogens is 230 g/mol. The molecule has 0 atom stereocenters. The molecule has 0 heterocycles. The predicted octanol–water partition coefficient (Wildman–Crippen LogP) is 1.54. The molecule has 1 aromatic rings. The van der Waals surface area contributed by atoms with Crippen molar-refractivity contribution >= 4 is 17.5 Å². The Bertz CT molecular complexity index is 374. The second-order valence-electron chi connectivity index (χ2n) is 2.49. The van der Waals surface area contributed by atoms with Gasteiger partial charge in [0.15, 0.2) is 0 Å². The molecule has 0 aromatic heterocycles. The highest BCUT2D eigenvalue weighted by molar-refractivity contribution is 6.30. The highest BCUT2D eigenvalue weighted by Crippen LogP contribution is 2.24. The number of alkyl halides is 2. The molecule has 4 nitrogen and oxygen atoms in total. The molecule has 82 valence electrons. The zero-order valence-electron chi connectivity index (χ0n) is 7.34. The van der Waals surface area contributed by atoms with Crippen LogP contribution in [0.2, 0.25) is 5.02 Å². The second kappa shape index (κ2) is 4.90. The van der Waals surface area contributed by atoms with Gasteiger partial charge in [0.2, 0.25) is 0 Å². The van der Waals surface area contributed by atoms with Crippen molar-refractivity contribution < 1.29 is 18.3 Å². The summed E-state index contributed by atoms with van der Waals surface area (Å²) in [5.41, 5.74) is 1.70. The predicted molar refractivity (Wildman–Crippen MR) is 49.7 cm³/mol. The van der Waals surface area contributed by atoms with Gasteiger partial charge in [-0.05, 0) is 18.2 Å². The quantitative estimate of drug-likeness (QED) is 0.475. The lowest BCUT2D eigenvalue weighted by molar-refractivity contribution is -0.0501. The van der Waals surface area contributed by atoms with Crippen molar-refractivity contribution in [3.8, 4) is 5.75 Å². The maximum atomic E-state index is 12.0. The number of carbonyl (C=O) groups is 1. The van der Waals surface area contributed by atoms with Crippen LogP contribution in [0.3, 0.4) is 0 Å². The fraction of sp³-hybridized carbons (Fsp3) is 0.125. The van der Waals surface area contributed by atoms with Crippen LogP contribution in [-0.4, -0.2) is 12.5 Å². The van der Waals surface area contributed by atoms with Gasteiger partial charge in [0.1, 0.15) is 5.75 Å². The number of amides is 1. The van der Waals surface area contributed by atoms with Crippen LogP contribution in [-0.2, 0) is 0 Å². The van der Waals surface area contributed by atoms with Gasteiger partial charge < -0.3 is 4.74 Å². The summed E-state index contributed by atoms with van der Waals surface area (Å²) in [5.74, 6) is 3.81. The Kier molecular flexibility index (Phi) is 3.81. The number of halogens is 3. The SMILES string of the molecule is NNC(=O)c1ccc(Cl)cc1OC(F)F. The molecule has 0 aliphatic heterocycles. The number of carbonyl (C=O) groups excluding carboxylic acids is 1. The molecular formula is C8H7ClF2N2O2. The number of nitrogens with one attached hydrogen (secondary N) is 1. The summed E-state index contributed by atoms with van der Waals surface area (Å²) in [7, 11) is 0. The van der Waals surface area contributed by atoms with Crippen molar-refractivity contribution in [2.45, 2.75) is 6.61 Å². The number of hydrogen-bond donors (Lipinski definition) is 2. The number of ether oxygens (including phenoxy) is 1. The smallest absolute Gasteiger partial charge is 0.387 e. The van der Waals surface area contributed by atoms with Crippen LogP contribution in [0.5, 0.6) is 5.75 Å². The molecule has 0 aliphatic carbocycles. The minimum Gasteiger partial charge on any atom is -0.434 e. The van der Waals surface area contributed by atoms with E-state index in [4.69, 9.17) is 17.4 Å². The summed E-state index contributed by atoms with van der Waals surface area (Å²) in [6, 6.07) is 3.71. The Balaban J connectivity index is 3.08. The van der Waals surface area contributed by atoms with Gasteiger partial charge in [-0.2, -0.15) is 8.78 Å². The van der Waals surface area contributed by atoms with Gasteiger partial charge in [-0.3, -0.25) is 10.2 Å². The number of hydrogen-bond acceptors (Lipinski definition) is 3. The van der Waals surface area contributed by atoms with Gasteiger partial charge in [0, 0.05) is 5.02 Å². The summed E-state index contributed by atoms with van der Waals surface area (Å²) in [6.07, 6.45) is 0. The van der Waals surface area contributed by atoms with Crippen molar-refractivity contribution in [2.24, 2.45) is 5.84 Å². The number of benzene rings is 1. The molecule has 0 fully saturated rings. The third kappa shape index (κ3) is 3.03. The number of hydrazine groups is 1. The fourth-order valence-corrected chi connectivity index (χ4v) is 1.12. The van der Waals surface area contributed by atoms with Crippen LogP contribution in [0.1, 0.15) is 10.4 Å². The van der Waals surface area contributed by atoms with Gasteiger partial charge in [-0.1, -0.05) is 11.6 Å². The molecule has 0 saturated carbocycles. The van der Waals surface area contributed by atoms with Crippen LogP contribution in [0, 0.1) is 0 Å². The second-order valence-corrected chi connectivity index (χ2v) is 2.93. The lowest BCUT2D eigenvalue weighted by atomic mass is 10.2. The molecule has 1 amide bonds. The van der Waals surface area contributed by atoms with E-state index in [0.29, 0.717) is 0 Å². The molecule has 1 aromatic carbocycles. The third-order valence-corrected chi connectivity index (χ3v) is 1.77. The van der Waals surface area contributed by atoms with Crippen molar-refractivity contribution in [1.29, 1.82) is 0 Å². The van der Waals surface area contributed by atoms with Gasteiger partial charge in [0.25, 0.3) is 5.91 Å². The highest BCUT2D eigenvalue weighted by Gasteiger charge is 2.15. The van der Waals surface area contributed by atoms with E-state index in [0.717, 1.165) is 6.07 Å². The lowest BCUT2D eigenvalue weighted by Crippen LogP contribution is -2.30. The first-order valence-electron chi connectivity index (χ1n) is 3.80. The molecule has 0 bridgehead atoms. The first-order chi connectivity index (χ1) is 7.04. The summed E-state index contributed by atoms with van der Waals surface area (Å²) < 4.78 is 28.1. The fourth-order valence-electron chi connectivity index (χ4n) is 0.955. The molecule has 3 N–H and O–H groups in total. The Morgan fingerprint density at radius 3 is 2.73 bits per heavy atom. The monoisotopic (exact) mass is 236 g/mol. The van der Waals surface area contributed by atoms with Crippen molar-refractivity contribution in [2.75, 3.05) is 0 Å². The molecule has 0 saturated heterocycles. The Morgan fingerprint density at radius 2 is 2.20 bits per heavy atom. The van der Waals surface area contributed by atoms with Crippen molar-refractivity contribution in [1.82, 2.24) is 5.43 Å². The van der Waals surface area contributed by atoms with Crippen molar-refractivity contribution in [3.05, 3.63) is 28.8 Å². The number of nitrogen functional groups attached to an aromatic ring is 1.